The van der Waals surface area contributed by atoms with Crippen molar-refractivity contribution in [3.05, 3.63) is 41.3 Å². The molecule has 0 bridgehead atoms. The molecule has 25 heavy (non-hydrogen) atoms. The van der Waals surface area contributed by atoms with Crippen LogP contribution in [0.4, 0.5) is 5.69 Å². The smallest absolute Gasteiger partial charge is 0.252 e. The molecule has 0 saturated carbocycles. The highest BCUT2D eigenvalue weighted by atomic mass is 32.2. The number of nitrogens with zero attached hydrogens (tertiary/aromatic N) is 1. The number of hydrogen-bond acceptors (Lipinski definition) is 6. The van der Waals surface area contributed by atoms with Crippen molar-refractivity contribution in [1.29, 1.82) is 0 Å². The number of hydrogen-bond donors (Lipinski definition) is 1. The van der Waals surface area contributed by atoms with Crippen molar-refractivity contribution in [2.75, 3.05) is 32.2 Å². The summed E-state index contributed by atoms with van der Waals surface area (Å²) in [6, 6.07) is 8.48. The quantitative estimate of drug-likeness (QED) is 0.854. The molecule has 0 atom stereocenters. The largest absolute Gasteiger partial charge is 0.492 e. The second-order valence-corrected chi connectivity index (χ2v) is 8.54. The minimum atomic E-state index is -3.56. The number of sulfonamides is 1. The zero-order valence-corrected chi connectivity index (χ0v) is 15.2. The van der Waals surface area contributed by atoms with Gasteiger partial charge in [0.05, 0.1) is 0 Å². The van der Waals surface area contributed by atoms with Crippen LogP contribution >= 0.6 is 11.3 Å². The van der Waals surface area contributed by atoms with Crippen molar-refractivity contribution >= 4 is 33.0 Å². The summed E-state index contributed by atoms with van der Waals surface area (Å²) < 4.78 is 37.7. The summed E-state index contributed by atoms with van der Waals surface area (Å²) in [4.78, 5) is 11.7. The molecule has 0 fully saturated rings. The summed E-state index contributed by atoms with van der Waals surface area (Å²) in [5.74, 6) is 0.341. The molecular formula is C16H18N2O5S2. The first-order valence-corrected chi connectivity index (χ1v) is 9.91. The lowest BCUT2D eigenvalue weighted by Gasteiger charge is -2.18. The Bertz CT molecular complexity index is 849. The summed E-state index contributed by atoms with van der Waals surface area (Å²) in [6.07, 6.45) is 0. The first kappa shape index (κ1) is 17.9. The van der Waals surface area contributed by atoms with Gasteiger partial charge in [0.15, 0.2) is 0 Å². The SMILES string of the molecule is COCC(=O)Nc1ccc2c(c1)CN(S(=O)(=O)c1cccs1)CCO2. The maximum absolute atomic E-state index is 12.8. The number of thiophene rings is 1. The summed E-state index contributed by atoms with van der Waals surface area (Å²) in [6.45, 7) is 0.670. The molecular weight excluding hydrogens is 364 g/mol. The fraction of sp³-hybridized carbons (Fsp3) is 0.312. The predicted molar refractivity (Wildman–Crippen MR) is 94.4 cm³/mol. The van der Waals surface area contributed by atoms with Gasteiger partial charge >= 0.3 is 0 Å². The molecule has 3 rings (SSSR count). The van der Waals surface area contributed by atoms with Crippen molar-refractivity contribution in [3.8, 4) is 5.75 Å². The fourth-order valence-corrected chi connectivity index (χ4v) is 5.07. The van der Waals surface area contributed by atoms with Gasteiger partial charge in [0.2, 0.25) is 5.91 Å². The van der Waals surface area contributed by atoms with Crippen LogP contribution in [0.2, 0.25) is 0 Å². The van der Waals surface area contributed by atoms with Crippen molar-refractivity contribution in [3.63, 3.8) is 0 Å². The van der Waals surface area contributed by atoms with Crippen molar-refractivity contribution in [2.45, 2.75) is 10.8 Å². The highest BCUT2D eigenvalue weighted by Gasteiger charge is 2.28. The molecule has 2 aromatic rings. The Labute approximate surface area is 150 Å². The zero-order chi connectivity index (χ0) is 17.9. The Morgan fingerprint density at radius 1 is 1.40 bits per heavy atom. The Kier molecular flexibility index (Phi) is 5.38. The van der Waals surface area contributed by atoms with E-state index in [9.17, 15) is 13.2 Å². The molecule has 0 aliphatic carbocycles. The molecule has 0 saturated heterocycles. The fourth-order valence-electron chi connectivity index (χ4n) is 2.52. The van der Waals surface area contributed by atoms with Crippen LogP contribution in [0.1, 0.15) is 5.56 Å². The van der Waals surface area contributed by atoms with Gasteiger partial charge in [-0.15, -0.1) is 11.3 Å². The lowest BCUT2D eigenvalue weighted by Crippen LogP contribution is -2.32. The van der Waals surface area contributed by atoms with Crippen LogP contribution in [-0.4, -0.2) is 45.5 Å². The maximum atomic E-state index is 12.8. The topological polar surface area (TPSA) is 84.9 Å². The molecule has 1 aliphatic heterocycles. The average molecular weight is 382 g/mol. The van der Waals surface area contributed by atoms with Gasteiger partial charge in [-0.2, -0.15) is 4.31 Å². The van der Waals surface area contributed by atoms with E-state index >= 15 is 0 Å². The number of rotatable bonds is 5. The molecule has 1 amide bonds. The first-order chi connectivity index (χ1) is 12.0. The molecule has 7 nitrogen and oxygen atoms in total. The number of benzene rings is 1. The molecule has 1 aromatic heterocycles. The number of carbonyl (C=O) groups is 1. The summed E-state index contributed by atoms with van der Waals surface area (Å²) in [7, 11) is -2.12. The van der Waals surface area contributed by atoms with E-state index in [0.29, 0.717) is 21.2 Å². The van der Waals surface area contributed by atoms with E-state index in [1.165, 1.54) is 22.8 Å². The van der Waals surface area contributed by atoms with Crippen LogP contribution in [0.15, 0.2) is 39.9 Å². The van der Waals surface area contributed by atoms with E-state index < -0.39 is 10.0 Å². The number of amides is 1. The third-order valence-corrected chi connectivity index (χ3v) is 6.87. The number of fused-ring (bicyclic) bond motifs is 1. The lowest BCUT2D eigenvalue weighted by molar-refractivity contribution is -0.119. The second kappa shape index (κ2) is 7.52. The van der Waals surface area contributed by atoms with Crippen LogP contribution in [0.5, 0.6) is 5.75 Å². The molecule has 1 aromatic carbocycles. The lowest BCUT2D eigenvalue weighted by atomic mass is 10.1. The summed E-state index contributed by atoms with van der Waals surface area (Å²) >= 11 is 1.19. The van der Waals surface area contributed by atoms with Gasteiger partial charge < -0.3 is 14.8 Å². The van der Waals surface area contributed by atoms with Crippen LogP contribution in [-0.2, 0) is 26.1 Å². The van der Waals surface area contributed by atoms with E-state index in [1.807, 2.05) is 0 Å². The van der Waals surface area contributed by atoms with Crippen LogP contribution in [0.3, 0.4) is 0 Å². The van der Waals surface area contributed by atoms with Gasteiger partial charge in [-0.05, 0) is 29.6 Å². The average Bonchev–Trinajstić information content (AvgIpc) is 3.03. The number of carbonyl (C=O) groups excluding carboxylic acids is 1. The summed E-state index contributed by atoms with van der Waals surface area (Å²) in [5.41, 5.74) is 1.27. The monoisotopic (exact) mass is 382 g/mol. The highest BCUT2D eigenvalue weighted by molar-refractivity contribution is 7.91. The number of methoxy groups -OCH3 is 1. The van der Waals surface area contributed by atoms with Gasteiger partial charge in [-0.25, -0.2) is 8.42 Å². The maximum Gasteiger partial charge on any atom is 0.252 e. The standard InChI is InChI=1S/C16H18N2O5S2/c1-22-11-15(19)17-13-4-5-14-12(9-13)10-18(6-7-23-14)25(20,21)16-3-2-8-24-16/h2-5,8-9H,6-7,10-11H2,1H3,(H,17,19). The number of anilines is 1. The third-order valence-electron chi connectivity index (χ3n) is 3.65. The normalized spacial score (nSPS) is 15.1. The third kappa shape index (κ3) is 4.01. The Morgan fingerprint density at radius 2 is 2.24 bits per heavy atom. The van der Waals surface area contributed by atoms with Crippen LogP contribution in [0.25, 0.3) is 0 Å². The van der Waals surface area contributed by atoms with E-state index in [0.717, 1.165) is 0 Å². The Morgan fingerprint density at radius 3 is 2.96 bits per heavy atom. The molecule has 0 radical (unpaired) electrons. The molecule has 2 heterocycles. The van der Waals surface area contributed by atoms with Gasteiger partial charge in [0.25, 0.3) is 10.0 Å². The highest BCUT2D eigenvalue weighted by Crippen LogP contribution is 2.30. The zero-order valence-electron chi connectivity index (χ0n) is 13.6. The van der Waals surface area contributed by atoms with Crippen LogP contribution in [0, 0.1) is 0 Å². The Hall–Kier alpha value is -1.94. The predicted octanol–water partition coefficient (Wildman–Crippen LogP) is 1.92. The minimum absolute atomic E-state index is 0.0491. The van der Waals surface area contributed by atoms with Gasteiger partial charge in [0, 0.05) is 31.5 Å². The minimum Gasteiger partial charge on any atom is -0.492 e. The van der Waals surface area contributed by atoms with Crippen molar-refractivity contribution in [2.24, 2.45) is 0 Å². The molecule has 1 aliphatic rings. The van der Waals surface area contributed by atoms with E-state index in [2.05, 4.69) is 5.32 Å². The summed E-state index contributed by atoms with van der Waals surface area (Å²) in [5, 5.41) is 4.44. The van der Waals surface area contributed by atoms with Crippen molar-refractivity contribution in [1.82, 2.24) is 4.31 Å². The van der Waals surface area contributed by atoms with Gasteiger partial charge in [0.1, 0.15) is 23.2 Å². The van der Waals surface area contributed by atoms with E-state index in [1.54, 1.807) is 35.7 Å². The first-order valence-electron chi connectivity index (χ1n) is 7.59. The van der Waals surface area contributed by atoms with Gasteiger partial charge in [-0.3, -0.25) is 4.79 Å². The molecule has 9 heteroatoms. The van der Waals surface area contributed by atoms with E-state index in [4.69, 9.17) is 9.47 Å². The van der Waals surface area contributed by atoms with Crippen LogP contribution < -0.4 is 10.1 Å². The number of ether oxygens (including phenoxy) is 2. The Balaban J connectivity index is 1.85. The molecule has 0 spiro atoms. The molecule has 0 unspecified atom stereocenters. The number of nitrogens with one attached hydrogen (secondary N) is 1. The second-order valence-electron chi connectivity index (χ2n) is 5.42. The molecule has 1 N–H and O–H groups in total. The van der Waals surface area contributed by atoms with Gasteiger partial charge in [-0.1, -0.05) is 6.07 Å². The van der Waals surface area contributed by atoms with Crippen molar-refractivity contribution < 1.29 is 22.7 Å². The molecule has 134 valence electrons. The van der Waals surface area contributed by atoms with E-state index in [-0.39, 0.29) is 32.2 Å².